The van der Waals surface area contributed by atoms with E-state index in [0.717, 1.165) is 34.6 Å². The van der Waals surface area contributed by atoms with Crippen LogP contribution in [0.5, 0.6) is 0 Å². The second kappa shape index (κ2) is 7.16. The summed E-state index contributed by atoms with van der Waals surface area (Å²) in [6.45, 7) is 0.986. The van der Waals surface area contributed by atoms with Gasteiger partial charge in [-0.1, -0.05) is 24.3 Å². The van der Waals surface area contributed by atoms with Gasteiger partial charge in [0.15, 0.2) is 0 Å². The van der Waals surface area contributed by atoms with Crippen LogP contribution in [0.2, 0.25) is 0 Å². The van der Waals surface area contributed by atoms with Crippen molar-refractivity contribution in [1.82, 2.24) is 9.78 Å². The van der Waals surface area contributed by atoms with Gasteiger partial charge in [-0.2, -0.15) is 5.10 Å². The standard InChI is InChI=1S/C21H23BrN4/c1-25(2)16-9-7-8-15(14-16)20-17-10-5-6-13-23-21(17)26(24-20)19-12-4-3-11-18(19)22/h3-4,7-9,11-12,14,23H,5-6,10,13H2,1-2H3. The maximum atomic E-state index is 5.04. The predicted molar refractivity (Wildman–Crippen MR) is 112 cm³/mol. The Morgan fingerprint density at radius 2 is 1.92 bits per heavy atom. The minimum absolute atomic E-state index is 0.986. The average molecular weight is 411 g/mol. The minimum atomic E-state index is 0.986. The van der Waals surface area contributed by atoms with Gasteiger partial charge in [0.2, 0.25) is 0 Å². The number of benzene rings is 2. The summed E-state index contributed by atoms with van der Waals surface area (Å²) in [5.74, 6) is 1.12. The summed E-state index contributed by atoms with van der Waals surface area (Å²) in [6.07, 6.45) is 3.41. The molecule has 0 aliphatic carbocycles. The Labute approximate surface area is 163 Å². The molecule has 0 atom stereocenters. The van der Waals surface area contributed by atoms with Crippen molar-refractivity contribution in [3.8, 4) is 16.9 Å². The summed E-state index contributed by atoms with van der Waals surface area (Å²) in [5.41, 5.74) is 5.81. The fraction of sp³-hybridized carbons (Fsp3) is 0.286. The van der Waals surface area contributed by atoms with Crippen LogP contribution in [0.1, 0.15) is 18.4 Å². The van der Waals surface area contributed by atoms with E-state index >= 15 is 0 Å². The molecular formula is C21H23BrN4. The number of rotatable bonds is 3. The molecule has 0 fully saturated rings. The largest absolute Gasteiger partial charge is 0.378 e. The highest BCUT2D eigenvalue weighted by molar-refractivity contribution is 9.10. The highest BCUT2D eigenvalue weighted by atomic mass is 79.9. The van der Waals surface area contributed by atoms with Crippen LogP contribution in [-0.2, 0) is 6.42 Å². The normalized spacial score (nSPS) is 13.7. The van der Waals surface area contributed by atoms with Gasteiger partial charge in [0.1, 0.15) is 5.82 Å². The number of nitrogens with one attached hydrogen (secondary N) is 1. The quantitative estimate of drug-likeness (QED) is 0.650. The molecule has 4 nitrogen and oxygen atoms in total. The van der Waals surface area contributed by atoms with Crippen LogP contribution >= 0.6 is 15.9 Å². The topological polar surface area (TPSA) is 33.1 Å². The molecule has 5 heteroatoms. The Kier molecular flexibility index (Phi) is 4.72. The van der Waals surface area contributed by atoms with E-state index < -0.39 is 0 Å². The van der Waals surface area contributed by atoms with Crippen LogP contribution in [0.15, 0.2) is 53.0 Å². The monoisotopic (exact) mass is 410 g/mol. The summed E-state index contributed by atoms with van der Waals surface area (Å²) >= 11 is 3.68. The van der Waals surface area contributed by atoms with Gasteiger partial charge in [-0.05, 0) is 59.5 Å². The molecule has 0 bridgehead atoms. The van der Waals surface area contributed by atoms with Crippen molar-refractivity contribution >= 4 is 27.4 Å². The Balaban J connectivity index is 1.91. The number of hydrogen-bond donors (Lipinski definition) is 1. The van der Waals surface area contributed by atoms with E-state index in [1.54, 1.807) is 0 Å². The molecule has 134 valence electrons. The third kappa shape index (κ3) is 3.12. The van der Waals surface area contributed by atoms with Crippen LogP contribution in [0.4, 0.5) is 11.5 Å². The fourth-order valence-corrected chi connectivity index (χ4v) is 3.92. The number of anilines is 2. The molecule has 0 saturated carbocycles. The van der Waals surface area contributed by atoms with Crippen molar-refractivity contribution in [2.45, 2.75) is 19.3 Å². The molecule has 0 amide bonds. The molecule has 1 aromatic heterocycles. The van der Waals surface area contributed by atoms with Crippen LogP contribution in [-0.4, -0.2) is 30.4 Å². The average Bonchev–Trinajstić information content (AvgIpc) is 2.83. The van der Waals surface area contributed by atoms with Crippen LogP contribution in [0.3, 0.4) is 0 Å². The number of fused-ring (bicyclic) bond motifs is 1. The van der Waals surface area contributed by atoms with Gasteiger partial charge in [0.05, 0.1) is 11.4 Å². The Morgan fingerprint density at radius 3 is 2.73 bits per heavy atom. The Bertz CT molecular complexity index is 930. The summed E-state index contributed by atoms with van der Waals surface area (Å²) in [6, 6.07) is 16.9. The lowest BCUT2D eigenvalue weighted by Gasteiger charge is -2.13. The molecule has 0 saturated heterocycles. The molecule has 4 rings (SSSR count). The van der Waals surface area contributed by atoms with E-state index in [1.807, 2.05) is 6.07 Å². The molecular weight excluding hydrogens is 388 g/mol. The SMILES string of the molecule is CN(C)c1cccc(-c2nn(-c3ccccc3Br)c3c2CCCCN3)c1. The summed E-state index contributed by atoms with van der Waals surface area (Å²) in [5, 5.41) is 8.66. The number of nitrogens with zero attached hydrogens (tertiary/aromatic N) is 3. The van der Waals surface area contributed by atoms with Crippen molar-refractivity contribution in [3.05, 3.63) is 58.6 Å². The highest BCUT2D eigenvalue weighted by Gasteiger charge is 2.22. The first-order chi connectivity index (χ1) is 12.6. The zero-order valence-electron chi connectivity index (χ0n) is 15.2. The number of hydrogen-bond acceptors (Lipinski definition) is 3. The van der Waals surface area contributed by atoms with E-state index in [2.05, 4.69) is 87.4 Å². The zero-order chi connectivity index (χ0) is 18.1. The molecule has 3 aromatic rings. The minimum Gasteiger partial charge on any atom is -0.378 e. The highest BCUT2D eigenvalue weighted by Crippen LogP contribution is 2.36. The van der Waals surface area contributed by atoms with Crippen LogP contribution in [0.25, 0.3) is 16.9 Å². The lowest BCUT2D eigenvalue weighted by Crippen LogP contribution is -2.08. The van der Waals surface area contributed by atoms with E-state index in [-0.39, 0.29) is 0 Å². The van der Waals surface area contributed by atoms with Crippen LogP contribution < -0.4 is 10.2 Å². The van der Waals surface area contributed by atoms with E-state index in [1.165, 1.54) is 29.7 Å². The van der Waals surface area contributed by atoms with Crippen molar-refractivity contribution in [1.29, 1.82) is 0 Å². The van der Waals surface area contributed by atoms with Crippen molar-refractivity contribution < 1.29 is 0 Å². The summed E-state index contributed by atoms with van der Waals surface area (Å²) in [4.78, 5) is 2.13. The van der Waals surface area contributed by atoms with Crippen molar-refractivity contribution in [3.63, 3.8) is 0 Å². The maximum Gasteiger partial charge on any atom is 0.133 e. The van der Waals surface area contributed by atoms with Crippen molar-refractivity contribution in [2.24, 2.45) is 0 Å². The van der Waals surface area contributed by atoms with Gasteiger partial charge in [0.25, 0.3) is 0 Å². The van der Waals surface area contributed by atoms with Gasteiger partial charge < -0.3 is 10.2 Å². The molecule has 0 spiro atoms. The van der Waals surface area contributed by atoms with Crippen molar-refractivity contribution in [2.75, 3.05) is 30.9 Å². The molecule has 2 heterocycles. The molecule has 0 unspecified atom stereocenters. The molecule has 0 radical (unpaired) electrons. The third-order valence-corrected chi connectivity index (χ3v) is 5.52. The number of aromatic nitrogens is 2. The fourth-order valence-electron chi connectivity index (χ4n) is 3.46. The predicted octanol–water partition coefficient (Wildman–Crippen LogP) is 5.12. The first kappa shape index (κ1) is 17.2. The molecule has 26 heavy (non-hydrogen) atoms. The van der Waals surface area contributed by atoms with Gasteiger partial charge >= 0.3 is 0 Å². The van der Waals surface area contributed by atoms with Crippen LogP contribution in [0, 0.1) is 0 Å². The van der Waals surface area contributed by atoms with E-state index in [4.69, 9.17) is 5.10 Å². The Hall–Kier alpha value is -2.27. The van der Waals surface area contributed by atoms with Gasteiger partial charge in [-0.3, -0.25) is 0 Å². The lowest BCUT2D eigenvalue weighted by atomic mass is 10.0. The smallest absolute Gasteiger partial charge is 0.133 e. The zero-order valence-corrected chi connectivity index (χ0v) is 16.8. The first-order valence-corrected chi connectivity index (χ1v) is 9.83. The lowest BCUT2D eigenvalue weighted by molar-refractivity contribution is 0.780. The second-order valence-electron chi connectivity index (χ2n) is 6.87. The summed E-state index contributed by atoms with van der Waals surface area (Å²) < 4.78 is 3.10. The third-order valence-electron chi connectivity index (χ3n) is 4.85. The maximum absolute atomic E-state index is 5.04. The first-order valence-electron chi connectivity index (χ1n) is 9.03. The van der Waals surface area contributed by atoms with Gasteiger partial charge in [0, 0.05) is 41.9 Å². The van der Waals surface area contributed by atoms with E-state index in [9.17, 15) is 0 Å². The number of halogens is 1. The Morgan fingerprint density at radius 1 is 1.08 bits per heavy atom. The summed E-state index contributed by atoms with van der Waals surface area (Å²) in [7, 11) is 4.14. The number of para-hydroxylation sites is 1. The van der Waals surface area contributed by atoms with Gasteiger partial charge in [-0.25, -0.2) is 4.68 Å². The molecule has 1 aliphatic heterocycles. The molecule has 1 aliphatic rings. The molecule has 2 aromatic carbocycles. The molecule has 1 N–H and O–H groups in total. The second-order valence-corrected chi connectivity index (χ2v) is 7.72. The van der Waals surface area contributed by atoms with E-state index in [0.29, 0.717) is 0 Å². The van der Waals surface area contributed by atoms with Gasteiger partial charge in [-0.15, -0.1) is 0 Å².